The number of anilines is 1. The van der Waals surface area contributed by atoms with Crippen molar-refractivity contribution >= 4 is 35.2 Å². The van der Waals surface area contributed by atoms with Gasteiger partial charge in [0.05, 0.1) is 17.9 Å². The molecule has 0 aliphatic carbocycles. The number of rotatable bonds is 9. The maximum absolute atomic E-state index is 12.6. The van der Waals surface area contributed by atoms with Crippen LogP contribution in [-0.4, -0.2) is 43.7 Å². The molecule has 0 radical (unpaired) electrons. The van der Waals surface area contributed by atoms with Crippen LogP contribution >= 0.6 is 11.8 Å². The van der Waals surface area contributed by atoms with Crippen molar-refractivity contribution < 1.29 is 19.1 Å². The molecule has 0 bridgehead atoms. The van der Waals surface area contributed by atoms with Gasteiger partial charge in [0, 0.05) is 29.8 Å². The molecule has 0 aliphatic rings. The summed E-state index contributed by atoms with van der Waals surface area (Å²) in [6.07, 6.45) is 0. The van der Waals surface area contributed by atoms with Gasteiger partial charge in [0.1, 0.15) is 0 Å². The van der Waals surface area contributed by atoms with E-state index in [0.29, 0.717) is 34.9 Å². The number of nitrogens with two attached hydrogens (primary N) is 1. The van der Waals surface area contributed by atoms with E-state index < -0.39 is 5.91 Å². The Balaban J connectivity index is 2.00. The lowest BCUT2D eigenvalue weighted by Gasteiger charge is -2.10. The van der Waals surface area contributed by atoms with Crippen molar-refractivity contribution in [1.82, 2.24) is 5.32 Å². The van der Waals surface area contributed by atoms with Crippen molar-refractivity contribution in [2.45, 2.75) is 4.90 Å². The largest absolute Gasteiger partial charge is 0.383 e. The fraction of sp³-hybridized carbons (Fsp3) is 0.211. The summed E-state index contributed by atoms with van der Waals surface area (Å²) in [7, 11) is 1.57. The lowest BCUT2D eigenvalue weighted by Crippen LogP contribution is -2.28. The van der Waals surface area contributed by atoms with Gasteiger partial charge in [-0.3, -0.25) is 14.4 Å². The van der Waals surface area contributed by atoms with E-state index in [2.05, 4.69) is 10.6 Å². The highest BCUT2D eigenvalue weighted by Gasteiger charge is 2.13. The van der Waals surface area contributed by atoms with Gasteiger partial charge in [0.25, 0.3) is 5.91 Å². The van der Waals surface area contributed by atoms with Crippen LogP contribution in [0.4, 0.5) is 5.69 Å². The molecule has 142 valence electrons. The molecule has 2 aromatic carbocycles. The summed E-state index contributed by atoms with van der Waals surface area (Å²) in [6, 6.07) is 13.4. The van der Waals surface area contributed by atoms with E-state index in [9.17, 15) is 14.4 Å². The molecule has 0 saturated carbocycles. The highest BCUT2D eigenvalue weighted by molar-refractivity contribution is 8.00. The third kappa shape index (κ3) is 6.43. The summed E-state index contributed by atoms with van der Waals surface area (Å²) in [5.74, 6) is -0.765. The number of amides is 3. The molecular weight excluding hydrogens is 366 g/mol. The molecule has 0 saturated heterocycles. The predicted octanol–water partition coefficient (Wildman–Crippen LogP) is 1.89. The Morgan fingerprint density at radius 2 is 1.78 bits per heavy atom. The second-order valence-corrected chi connectivity index (χ2v) is 6.54. The van der Waals surface area contributed by atoms with Crippen LogP contribution < -0.4 is 16.4 Å². The van der Waals surface area contributed by atoms with E-state index in [1.807, 2.05) is 6.07 Å². The Morgan fingerprint density at radius 3 is 2.44 bits per heavy atom. The number of nitrogens with one attached hydrogen (secondary N) is 2. The van der Waals surface area contributed by atoms with Crippen LogP contribution in [0, 0.1) is 0 Å². The Morgan fingerprint density at radius 1 is 1.07 bits per heavy atom. The van der Waals surface area contributed by atoms with Crippen molar-refractivity contribution in [2.24, 2.45) is 5.73 Å². The molecule has 7 nitrogen and oxygen atoms in total. The third-order valence-corrected chi connectivity index (χ3v) is 4.62. The molecule has 0 spiro atoms. The Hall–Kier alpha value is -2.84. The minimum atomic E-state index is -0.529. The zero-order valence-electron chi connectivity index (χ0n) is 14.9. The normalized spacial score (nSPS) is 10.3. The van der Waals surface area contributed by atoms with E-state index >= 15 is 0 Å². The van der Waals surface area contributed by atoms with Gasteiger partial charge in [0.15, 0.2) is 0 Å². The van der Waals surface area contributed by atoms with Crippen LogP contribution in [0.1, 0.15) is 20.7 Å². The van der Waals surface area contributed by atoms with E-state index in [1.165, 1.54) is 11.8 Å². The van der Waals surface area contributed by atoms with Gasteiger partial charge in [-0.2, -0.15) is 0 Å². The molecule has 2 rings (SSSR count). The number of hydrogen-bond acceptors (Lipinski definition) is 5. The molecule has 2 aromatic rings. The van der Waals surface area contributed by atoms with Crippen LogP contribution in [0.25, 0.3) is 0 Å². The maximum Gasteiger partial charge on any atom is 0.256 e. The predicted molar refractivity (Wildman–Crippen MR) is 105 cm³/mol. The first-order valence-electron chi connectivity index (χ1n) is 8.20. The number of carbonyl (C=O) groups excluding carboxylic acids is 3. The topological polar surface area (TPSA) is 111 Å². The fourth-order valence-corrected chi connectivity index (χ4v) is 3.06. The van der Waals surface area contributed by atoms with Crippen molar-refractivity contribution in [3.05, 3.63) is 59.7 Å². The highest BCUT2D eigenvalue weighted by atomic mass is 32.2. The first kappa shape index (κ1) is 20.5. The highest BCUT2D eigenvalue weighted by Crippen LogP contribution is 2.23. The van der Waals surface area contributed by atoms with Crippen LogP contribution in [0.2, 0.25) is 0 Å². The minimum Gasteiger partial charge on any atom is -0.383 e. The maximum atomic E-state index is 12.6. The molecule has 0 fully saturated rings. The first-order chi connectivity index (χ1) is 13.0. The summed E-state index contributed by atoms with van der Waals surface area (Å²) in [5.41, 5.74) is 6.58. The number of benzene rings is 2. The molecule has 0 heterocycles. The summed E-state index contributed by atoms with van der Waals surface area (Å²) in [6.45, 7) is 0.892. The summed E-state index contributed by atoms with van der Waals surface area (Å²) in [4.78, 5) is 36.2. The SMILES string of the molecule is COCCNC(=O)CSc1ccccc1C(=O)Nc1ccc(C(N)=O)cc1. The van der Waals surface area contributed by atoms with Gasteiger partial charge >= 0.3 is 0 Å². The number of hydrogen-bond donors (Lipinski definition) is 3. The van der Waals surface area contributed by atoms with Crippen LogP contribution in [0.3, 0.4) is 0 Å². The molecule has 27 heavy (non-hydrogen) atoms. The van der Waals surface area contributed by atoms with Crippen molar-refractivity contribution in [2.75, 3.05) is 31.3 Å². The third-order valence-electron chi connectivity index (χ3n) is 3.55. The van der Waals surface area contributed by atoms with Crippen LogP contribution in [0.5, 0.6) is 0 Å². The number of methoxy groups -OCH3 is 1. The first-order valence-corrected chi connectivity index (χ1v) is 9.18. The van der Waals surface area contributed by atoms with Gasteiger partial charge in [-0.1, -0.05) is 12.1 Å². The smallest absolute Gasteiger partial charge is 0.256 e. The molecule has 4 N–H and O–H groups in total. The number of ether oxygens (including phenoxy) is 1. The molecule has 3 amide bonds. The lowest BCUT2D eigenvalue weighted by atomic mass is 10.1. The van der Waals surface area contributed by atoms with Crippen molar-refractivity contribution in [3.8, 4) is 0 Å². The van der Waals surface area contributed by atoms with Crippen LogP contribution in [0.15, 0.2) is 53.4 Å². The number of thioether (sulfide) groups is 1. The second-order valence-electron chi connectivity index (χ2n) is 5.52. The second kappa shape index (κ2) is 10.3. The van der Waals surface area contributed by atoms with Gasteiger partial charge in [-0.25, -0.2) is 0 Å². The zero-order chi connectivity index (χ0) is 19.6. The quantitative estimate of drug-likeness (QED) is 0.450. The number of primary amides is 1. The monoisotopic (exact) mass is 387 g/mol. The average Bonchev–Trinajstić information content (AvgIpc) is 2.67. The minimum absolute atomic E-state index is 0.130. The van der Waals surface area contributed by atoms with E-state index in [-0.39, 0.29) is 17.6 Å². The summed E-state index contributed by atoms with van der Waals surface area (Å²) >= 11 is 1.28. The standard InChI is InChI=1S/C19H21N3O4S/c1-26-11-10-21-17(23)12-27-16-5-3-2-4-15(16)19(25)22-14-8-6-13(7-9-14)18(20)24/h2-9H,10-12H2,1H3,(H2,20,24)(H,21,23)(H,22,25). The Bertz CT molecular complexity index is 809. The van der Waals surface area contributed by atoms with E-state index in [4.69, 9.17) is 10.5 Å². The van der Waals surface area contributed by atoms with Gasteiger partial charge < -0.3 is 21.1 Å². The fourth-order valence-electron chi connectivity index (χ4n) is 2.18. The van der Waals surface area contributed by atoms with Crippen LogP contribution in [-0.2, 0) is 9.53 Å². The zero-order valence-corrected chi connectivity index (χ0v) is 15.7. The van der Waals surface area contributed by atoms with Gasteiger partial charge in [-0.05, 0) is 36.4 Å². The Kier molecular flexibility index (Phi) is 7.84. The molecule has 0 atom stereocenters. The summed E-state index contributed by atoms with van der Waals surface area (Å²) < 4.78 is 4.88. The Labute approximate surface area is 161 Å². The van der Waals surface area contributed by atoms with Crippen molar-refractivity contribution in [3.63, 3.8) is 0 Å². The molecule has 0 unspecified atom stereocenters. The molecule has 0 aromatic heterocycles. The van der Waals surface area contributed by atoms with Gasteiger partial charge in [-0.15, -0.1) is 11.8 Å². The molecular formula is C19H21N3O4S. The molecule has 8 heteroatoms. The van der Waals surface area contributed by atoms with E-state index in [1.54, 1.807) is 49.6 Å². The molecule has 0 aliphatic heterocycles. The van der Waals surface area contributed by atoms with Crippen molar-refractivity contribution in [1.29, 1.82) is 0 Å². The average molecular weight is 387 g/mol. The number of carbonyl (C=O) groups is 3. The van der Waals surface area contributed by atoms with Gasteiger partial charge in [0.2, 0.25) is 11.8 Å². The lowest BCUT2D eigenvalue weighted by molar-refractivity contribution is -0.118. The summed E-state index contributed by atoms with van der Waals surface area (Å²) in [5, 5.41) is 5.51. The van der Waals surface area contributed by atoms with E-state index in [0.717, 1.165) is 0 Å².